The van der Waals surface area contributed by atoms with Crippen molar-refractivity contribution in [1.29, 1.82) is 0 Å². The van der Waals surface area contributed by atoms with Crippen LogP contribution in [-0.2, 0) is 4.79 Å². The highest BCUT2D eigenvalue weighted by atomic mass is 16.2. The molecule has 1 amide bonds. The number of piperazine rings is 1. The molecule has 0 atom stereocenters. The van der Waals surface area contributed by atoms with Crippen LogP contribution in [0, 0.1) is 0 Å². The van der Waals surface area contributed by atoms with Crippen LogP contribution in [-0.4, -0.2) is 73.5 Å². The van der Waals surface area contributed by atoms with Crippen molar-refractivity contribution in [3.8, 4) is 0 Å². The van der Waals surface area contributed by atoms with Gasteiger partial charge in [0.05, 0.1) is 0 Å². The van der Waals surface area contributed by atoms with E-state index >= 15 is 0 Å². The van der Waals surface area contributed by atoms with Crippen molar-refractivity contribution in [2.24, 2.45) is 0 Å². The van der Waals surface area contributed by atoms with E-state index in [-0.39, 0.29) is 5.91 Å². The number of hydrogen-bond acceptors (Lipinski definition) is 3. The molecule has 0 spiro atoms. The molecule has 1 aliphatic heterocycles. The fourth-order valence-electron chi connectivity index (χ4n) is 1.76. The predicted octanol–water partition coefficient (Wildman–Crippen LogP) is 1.13. The molecule has 0 radical (unpaired) electrons. The molecular formula is C13H29N3O. The predicted molar refractivity (Wildman–Crippen MR) is 73.2 cm³/mol. The molecule has 0 saturated carbocycles. The molecule has 4 heteroatoms. The molecule has 1 rings (SSSR count). The van der Waals surface area contributed by atoms with E-state index in [1.807, 2.05) is 18.7 Å². The lowest BCUT2D eigenvalue weighted by molar-refractivity contribution is -0.130. The highest BCUT2D eigenvalue weighted by Crippen LogP contribution is 2.01. The van der Waals surface area contributed by atoms with Crippen LogP contribution in [0.1, 0.15) is 27.7 Å². The minimum absolute atomic E-state index is 0.209. The Hall–Kier alpha value is -0.610. The normalized spacial score (nSPS) is 16.7. The van der Waals surface area contributed by atoms with Crippen molar-refractivity contribution >= 4 is 5.91 Å². The molecule has 4 nitrogen and oxygen atoms in total. The van der Waals surface area contributed by atoms with Crippen LogP contribution in [0.4, 0.5) is 0 Å². The first-order valence-corrected chi connectivity index (χ1v) is 6.80. The van der Waals surface area contributed by atoms with E-state index in [2.05, 4.69) is 23.8 Å². The van der Waals surface area contributed by atoms with Crippen molar-refractivity contribution in [2.75, 3.05) is 52.9 Å². The van der Waals surface area contributed by atoms with Gasteiger partial charge in [-0.25, -0.2) is 0 Å². The molecular weight excluding hydrogens is 214 g/mol. The zero-order chi connectivity index (χ0) is 13.3. The van der Waals surface area contributed by atoms with Crippen LogP contribution in [0.5, 0.6) is 0 Å². The average Bonchev–Trinajstić information content (AvgIpc) is 2.38. The molecule has 0 aromatic heterocycles. The van der Waals surface area contributed by atoms with Crippen molar-refractivity contribution in [3.63, 3.8) is 0 Å². The molecule has 1 heterocycles. The molecule has 0 aromatic carbocycles. The highest BCUT2D eigenvalue weighted by molar-refractivity contribution is 5.73. The minimum atomic E-state index is 0.209. The largest absolute Gasteiger partial charge is 0.340 e. The van der Waals surface area contributed by atoms with E-state index < -0.39 is 0 Å². The Morgan fingerprint density at radius 3 is 2.12 bits per heavy atom. The smallest absolute Gasteiger partial charge is 0.219 e. The lowest BCUT2D eigenvalue weighted by atomic mass is 10.3. The van der Waals surface area contributed by atoms with E-state index in [0.29, 0.717) is 0 Å². The van der Waals surface area contributed by atoms with Crippen molar-refractivity contribution in [3.05, 3.63) is 0 Å². The number of carbonyl (C=O) groups excluding carboxylic acids is 1. The van der Waals surface area contributed by atoms with Gasteiger partial charge in [0.15, 0.2) is 0 Å². The first kappa shape index (κ1) is 16.4. The van der Waals surface area contributed by atoms with E-state index in [1.165, 1.54) is 0 Å². The zero-order valence-electron chi connectivity index (χ0n) is 12.2. The Kier molecular flexibility index (Phi) is 9.09. The van der Waals surface area contributed by atoms with Crippen LogP contribution in [0.3, 0.4) is 0 Å². The van der Waals surface area contributed by atoms with E-state index in [9.17, 15) is 4.79 Å². The van der Waals surface area contributed by atoms with Crippen LogP contribution in [0.15, 0.2) is 0 Å². The van der Waals surface area contributed by atoms with Gasteiger partial charge in [-0.3, -0.25) is 9.69 Å². The van der Waals surface area contributed by atoms with Gasteiger partial charge < -0.3 is 9.80 Å². The van der Waals surface area contributed by atoms with Crippen molar-refractivity contribution < 1.29 is 4.79 Å². The third kappa shape index (κ3) is 6.64. The monoisotopic (exact) mass is 243 g/mol. The summed E-state index contributed by atoms with van der Waals surface area (Å²) < 4.78 is 0. The maximum Gasteiger partial charge on any atom is 0.219 e. The van der Waals surface area contributed by atoms with Gasteiger partial charge in [-0.2, -0.15) is 0 Å². The van der Waals surface area contributed by atoms with Gasteiger partial charge in [-0.15, -0.1) is 0 Å². The SMILES string of the molecule is CC.CCN(C)CCN1CCN(C(C)=O)CC1. The second-order valence-corrected chi connectivity index (χ2v) is 4.24. The summed E-state index contributed by atoms with van der Waals surface area (Å²) in [6.45, 7) is 15.0. The average molecular weight is 243 g/mol. The number of rotatable bonds is 4. The Morgan fingerprint density at radius 2 is 1.71 bits per heavy atom. The van der Waals surface area contributed by atoms with Gasteiger partial charge >= 0.3 is 0 Å². The molecule has 1 aliphatic rings. The Labute approximate surface area is 107 Å². The summed E-state index contributed by atoms with van der Waals surface area (Å²) in [6.07, 6.45) is 0. The maximum atomic E-state index is 11.1. The lowest BCUT2D eigenvalue weighted by Crippen LogP contribution is -2.49. The summed E-state index contributed by atoms with van der Waals surface area (Å²) in [7, 11) is 2.14. The van der Waals surface area contributed by atoms with Crippen LogP contribution in [0.2, 0.25) is 0 Å². The molecule has 1 fully saturated rings. The fourth-order valence-corrected chi connectivity index (χ4v) is 1.76. The van der Waals surface area contributed by atoms with Gasteiger partial charge in [0.1, 0.15) is 0 Å². The minimum Gasteiger partial charge on any atom is -0.340 e. The zero-order valence-corrected chi connectivity index (χ0v) is 12.2. The number of likely N-dealkylation sites (N-methyl/N-ethyl adjacent to an activating group) is 1. The molecule has 0 aromatic rings. The quantitative estimate of drug-likeness (QED) is 0.740. The molecule has 17 heavy (non-hydrogen) atoms. The molecule has 102 valence electrons. The van der Waals surface area contributed by atoms with E-state index in [4.69, 9.17) is 0 Å². The molecule has 1 saturated heterocycles. The summed E-state index contributed by atoms with van der Waals surface area (Å²) in [5.74, 6) is 0.209. The topological polar surface area (TPSA) is 26.8 Å². The Balaban J connectivity index is 0.00000121. The second kappa shape index (κ2) is 9.42. The maximum absolute atomic E-state index is 11.1. The van der Waals surface area contributed by atoms with Gasteiger partial charge in [-0.05, 0) is 13.6 Å². The van der Waals surface area contributed by atoms with Gasteiger partial charge in [0, 0.05) is 46.2 Å². The van der Waals surface area contributed by atoms with Crippen molar-refractivity contribution in [2.45, 2.75) is 27.7 Å². The Morgan fingerprint density at radius 1 is 1.18 bits per heavy atom. The lowest BCUT2D eigenvalue weighted by Gasteiger charge is -2.34. The first-order valence-electron chi connectivity index (χ1n) is 6.80. The van der Waals surface area contributed by atoms with Gasteiger partial charge in [-0.1, -0.05) is 20.8 Å². The van der Waals surface area contributed by atoms with E-state index in [0.717, 1.165) is 45.8 Å². The molecule has 0 unspecified atom stereocenters. The summed E-state index contributed by atoms with van der Waals surface area (Å²) in [5.41, 5.74) is 0. The fraction of sp³-hybridized carbons (Fsp3) is 0.923. The van der Waals surface area contributed by atoms with Crippen LogP contribution in [0.25, 0.3) is 0 Å². The standard InChI is InChI=1S/C11H23N3O.C2H6/c1-4-12(3)5-6-13-7-9-14(10-8-13)11(2)15;1-2/h4-10H2,1-3H3;1-2H3. The Bertz CT molecular complexity index is 201. The number of nitrogens with zero attached hydrogens (tertiary/aromatic N) is 3. The number of hydrogen-bond donors (Lipinski definition) is 0. The van der Waals surface area contributed by atoms with Gasteiger partial charge in [0.25, 0.3) is 0 Å². The molecule has 0 bridgehead atoms. The summed E-state index contributed by atoms with van der Waals surface area (Å²) in [6, 6.07) is 0. The van der Waals surface area contributed by atoms with Crippen LogP contribution >= 0.6 is 0 Å². The third-order valence-corrected chi connectivity index (χ3v) is 3.16. The molecule has 0 aliphatic carbocycles. The second-order valence-electron chi connectivity index (χ2n) is 4.24. The summed E-state index contributed by atoms with van der Waals surface area (Å²) in [5, 5.41) is 0. The number of amides is 1. The summed E-state index contributed by atoms with van der Waals surface area (Å²) >= 11 is 0. The van der Waals surface area contributed by atoms with Gasteiger partial charge in [0.2, 0.25) is 5.91 Å². The third-order valence-electron chi connectivity index (χ3n) is 3.16. The van der Waals surface area contributed by atoms with E-state index in [1.54, 1.807) is 6.92 Å². The summed E-state index contributed by atoms with van der Waals surface area (Å²) in [4.78, 5) is 17.8. The number of carbonyl (C=O) groups is 1. The van der Waals surface area contributed by atoms with Crippen molar-refractivity contribution in [1.82, 2.24) is 14.7 Å². The van der Waals surface area contributed by atoms with Crippen LogP contribution < -0.4 is 0 Å². The highest BCUT2D eigenvalue weighted by Gasteiger charge is 2.17. The molecule has 0 N–H and O–H groups in total. The first-order chi connectivity index (χ1) is 8.13.